The number of allylic oxidation sites excluding steroid dienone is 2. The molecule has 15 heavy (non-hydrogen) atoms. The van der Waals surface area contributed by atoms with Crippen molar-refractivity contribution in [1.82, 2.24) is 0 Å². The fraction of sp³-hybridized carbons (Fsp3) is 0.286. The van der Waals surface area contributed by atoms with Crippen LogP contribution in [0.4, 0.5) is 4.39 Å². The first kappa shape index (κ1) is 11.7. The summed E-state index contributed by atoms with van der Waals surface area (Å²) in [4.78, 5) is 0. The Bertz CT molecular complexity index is 364. The van der Waals surface area contributed by atoms with Crippen LogP contribution in [-0.4, -0.2) is 0 Å². The minimum Gasteiger partial charge on any atom is -0.207 e. The Hall–Kier alpha value is -1.37. The number of halogens is 1. The van der Waals surface area contributed by atoms with Gasteiger partial charge in [0.25, 0.3) is 0 Å². The van der Waals surface area contributed by atoms with Crippen molar-refractivity contribution in [2.75, 3.05) is 0 Å². The van der Waals surface area contributed by atoms with Gasteiger partial charge in [0.05, 0.1) is 0 Å². The SMILES string of the molecule is C=CCc1ccc(C(=C)CCC)cc1F. The van der Waals surface area contributed by atoms with E-state index in [1.165, 1.54) is 0 Å². The Labute approximate surface area is 91.1 Å². The zero-order valence-corrected chi connectivity index (χ0v) is 9.22. The molecule has 0 fully saturated rings. The molecule has 0 N–H and O–H groups in total. The second kappa shape index (κ2) is 5.50. The van der Waals surface area contributed by atoms with Crippen LogP contribution < -0.4 is 0 Å². The van der Waals surface area contributed by atoms with Crippen LogP contribution in [0.1, 0.15) is 30.9 Å². The summed E-state index contributed by atoms with van der Waals surface area (Å²) in [5, 5.41) is 0. The minimum atomic E-state index is -0.162. The van der Waals surface area contributed by atoms with Crippen LogP contribution in [0.5, 0.6) is 0 Å². The lowest BCUT2D eigenvalue weighted by atomic mass is 10.0. The molecule has 0 atom stereocenters. The first-order chi connectivity index (χ1) is 7.19. The molecule has 1 aromatic carbocycles. The van der Waals surface area contributed by atoms with E-state index in [2.05, 4.69) is 20.1 Å². The van der Waals surface area contributed by atoms with Gasteiger partial charge in [-0.15, -0.1) is 6.58 Å². The van der Waals surface area contributed by atoms with Crippen molar-refractivity contribution in [3.05, 3.63) is 54.4 Å². The Morgan fingerprint density at radius 2 is 2.20 bits per heavy atom. The van der Waals surface area contributed by atoms with Gasteiger partial charge in [0.2, 0.25) is 0 Å². The van der Waals surface area contributed by atoms with E-state index in [1.807, 2.05) is 12.1 Å². The lowest BCUT2D eigenvalue weighted by Gasteiger charge is -2.06. The maximum Gasteiger partial charge on any atom is 0.127 e. The summed E-state index contributed by atoms with van der Waals surface area (Å²) in [6, 6.07) is 5.31. The van der Waals surface area contributed by atoms with Gasteiger partial charge in [0, 0.05) is 0 Å². The number of hydrogen-bond donors (Lipinski definition) is 0. The van der Waals surface area contributed by atoms with Crippen LogP contribution in [-0.2, 0) is 6.42 Å². The molecule has 0 saturated carbocycles. The Morgan fingerprint density at radius 1 is 1.47 bits per heavy atom. The molecule has 0 saturated heterocycles. The molecule has 0 unspecified atom stereocenters. The third kappa shape index (κ3) is 3.05. The van der Waals surface area contributed by atoms with Gasteiger partial charge >= 0.3 is 0 Å². The molecule has 0 aliphatic carbocycles. The van der Waals surface area contributed by atoms with Gasteiger partial charge in [-0.3, -0.25) is 0 Å². The van der Waals surface area contributed by atoms with E-state index < -0.39 is 0 Å². The molecule has 0 aliphatic heterocycles. The monoisotopic (exact) mass is 204 g/mol. The predicted molar refractivity (Wildman–Crippen MR) is 64.2 cm³/mol. The van der Waals surface area contributed by atoms with Crippen molar-refractivity contribution in [1.29, 1.82) is 0 Å². The van der Waals surface area contributed by atoms with Crippen LogP contribution in [0.15, 0.2) is 37.4 Å². The van der Waals surface area contributed by atoms with E-state index in [0.717, 1.165) is 24.0 Å². The van der Waals surface area contributed by atoms with Gasteiger partial charge in [0.15, 0.2) is 0 Å². The largest absolute Gasteiger partial charge is 0.207 e. The van der Waals surface area contributed by atoms with Crippen LogP contribution in [0, 0.1) is 5.82 Å². The lowest BCUT2D eigenvalue weighted by Crippen LogP contribution is -1.91. The first-order valence-electron chi connectivity index (χ1n) is 5.26. The topological polar surface area (TPSA) is 0 Å². The van der Waals surface area contributed by atoms with Crippen LogP contribution in [0.25, 0.3) is 5.57 Å². The molecule has 0 aliphatic rings. The van der Waals surface area contributed by atoms with Gasteiger partial charge in [-0.2, -0.15) is 0 Å². The summed E-state index contributed by atoms with van der Waals surface area (Å²) in [6.07, 6.45) is 4.24. The normalized spacial score (nSPS) is 10.0. The number of rotatable bonds is 5. The predicted octanol–water partition coefficient (Wildman–Crippen LogP) is 4.37. The molecule has 0 heterocycles. The molecule has 0 amide bonds. The number of hydrogen-bond acceptors (Lipinski definition) is 0. The molecular formula is C14H17F. The molecule has 0 bridgehead atoms. The van der Waals surface area contributed by atoms with Gasteiger partial charge in [-0.25, -0.2) is 4.39 Å². The third-order valence-corrected chi connectivity index (χ3v) is 2.38. The summed E-state index contributed by atoms with van der Waals surface area (Å²) in [5.41, 5.74) is 2.60. The highest BCUT2D eigenvalue weighted by molar-refractivity contribution is 5.63. The molecule has 1 aromatic rings. The second-order valence-electron chi connectivity index (χ2n) is 3.65. The summed E-state index contributed by atoms with van der Waals surface area (Å²) >= 11 is 0. The van der Waals surface area contributed by atoms with E-state index in [1.54, 1.807) is 12.1 Å². The van der Waals surface area contributed by atoms with E-state index in [-0.39, 0.29) is 5.82 Å². The maximum absolute atomic E-state index is 13.5. The van der Waals surface area contributed by atoms with Gasteiger partial charge in [-0.1, -0.05) is 38.1 Å². The summed E-state index contributed by atoms with van der Waals surface area (Å²) in [7, 11) is 0. The van der Waals surface area contributed by atoms with Crippen LogP contribution in [0.2, 0.25) is 0 Å². The third-order valence-electron chi connectivity index (χ3n) is 2.38. The highest BCUT2D eigenvalue weighted by Crippen LogP contribution is 2.20. The average molecular weight is 204 g/mol. The van der Waals surface area contributed by atoms with Crippen molar-refractivity contribution in [2.45, 2.75) is 26.2 Å². The van der Waals surface area contributed by atoms with Crippen molar-refractivity contribution < 1.29 is 4.39 Å². The Morgan fingerprint density at radius 3 is 2.73 bits per heavy atom. The minimum absolute atomic E-state index is 0.162. The molecule has 1 heteroatoms. The summed E-state index contributed by atoms with van der Waals surface area (Å²) in [6.45, 7) is 9.64. The first-order valence-corrected chi connectivity index (χ1v) is 5.26. The smallest absolute Gasteiger partial charge is 0.127 e. The summed E-state index contributed by atoms with van der Waals surface area (Å²) in [5.74, 6) is -0.162. The van der Waals surface area contributed by atoms with Gasteiger partial charge in [-0.05, 0) is 35.6 Å². The lowest BCUT2D eigenvalue weighted by molar-refractivity contribution is 0.614. The molecule has 0 radical (unpaired) electrons. The van der Waals surface area contributed by atoms with Crippen molar-refractivity contribution in [3.63, 3.8) is 0 Å². The fourth-order valence-corrected chi connectivity index (χ4v) is 1.53. The zero-order chi connectivity index (χ0) is 11.3. The van der Waals surface area contributed by atoms with Gasteiger partial charge in [0.1, 0.15) is 5.82 Å². The standard InChI is InChI=1S/C14H17F/c1-4-6-11(3)13-9-8-12(7-5-2)14(15)10-13/h5,8-10H,2-4,6-7H2,1H3. The van der Waals surface area contributed by atoms with E-state index in [0.29, 0.717) is 12.0 Å². The van der Waals surface area contributed by atoms with Crippen molar-refractivity contribution in [2.24, 2.45) is 0 Å². The van der Waals surface area contributed by atoms with Crippen molar-refractivity contribution in [3.8, 4) is 0 Å². The van der Waals surface area contributed by atoms with Crippen LogP contribution >= 0.6 is 0 Å². The molecule has 0 aromatic heterocycles. The van der Waals surface area contributed by atoms with E-state index in [9.17, 15) is 4.39 Å². The molecule has 80 valence electrons. The Balaban J connectivity index is 2.90. The second-order valence-corrected chi connectivity index (χ2v) is 3.65. The molecule has 1 rings (SSSR count). The quantitative estimate of drug-likeness (QED) is 0.625. The van der Waals surface area contributed by atoms with Crippen molar-refractivity contribution >= 4 is 5.57 Å². The zero-order valence-electron chi connectivity index (χ0n) is 9.22. The maximum atomic E-state index is 13.5. The summed E-state index contributed by atoms with van der Waals surface area (Å²) < 4.78 is 13.5. The average Bonchev–Trinajstić information content (AvgIpc) is 2.21. The Kier molecular flexibility index (Phi) is 4.29. The number of benzene rings is 1. The van der Waals surface area contributed by atoms with Gasteiger partial charge < -0.3 is 0 Å². The van der Waals surface area contributed by atoms with E-state index in [4.69, 9.17) is 0 Å². The molecular weight excluding hydrogens is 187 g/mol. The molecule has 0 nitrogen and oxygen atoms in total. The highest BCUT2D eigenvalue weighted by atomic mass is 19.1. The van der Waals surface area contributed by atoms with Crippen LogP contribution in [0.3, 0.4) is 0 Å². The van der Waals surface area contributed by atoms with E-state index >= 15 is 0 Å². The highest BCUT2D eigenvalue weighted by Gasteiger charge is 2.04. The molecule has 0 spiro atoms. The fourth-order valence-electron chi connectivity index (χ4n) is 1.53.